The van der Waals surface area contributed by atoms with Crippen molar-refractivity contribution >= 4 is 28.9 Å². The second kappa shape index (κ2) is 15.1. The van der Waals surface area contributed by atoms with Crippen LogP contribution in [0.1, 0.15) is 41.6 Å². The SMILES string of the molecule is CCc1nc(-c2ccc(OCCCCCOc3ccc(C(=N)NO)cc3)cc2)c(CCN2CCSCC2)s1. The molecule has 0 saturated carbocycles. The molecule has 2 heterocycles. The lowest BCUT2D eigenvalue weighted by molar-refractivity contribution is 0.234. The molecule has 7 nitrogen and oxygen atoms in total. The molecule has 1 saturated heterocycles. The van der Waals surface area contributed by atoms with Gasteiger partial charge in [-0.05, 0) is 80.6 Å². The van der Waals surface area contributed by atoms with Crippen molar-refractivity contribution in [3.63, 3.8) is 0 Å². The average molecular weight is 555 g/mol. The molecule has 0 aliphatic carbocycles. The predicted molar refractivity (Wildman–Crippen MR) is 157 cm³/mol. The van der Waals surface area contributed by atoms with Crippen molar-refractivity contribution in [1.29, 1.82) is 5.41 Å². The van der Waals surface area contributed by atoms with Gasteiger partial charge in [0.15, 0.2) is 0 Å². The first-order valence-electron chi connectivity index (χ1n) is 13.4. The van der Waals surface area contributed by atoms with E-state index in [-0.39, 0.29) is 5.84 Å². The molecule has 4 rings (SSSR count). The van der Waals surface area contributed by atoms with Crippen molar-refractivity contribution in [3.05, 3.63) is 64.0 Å². The molecule has 0 amide bonds. The smallest absolute Gasteiger partial charge is 0.149 e. The second-order valence-corrected chi connectivity index (χ2v) is 11.6. The maximum Gasteiger partial charge on any atom is 0.149 e. The summed E-state index contributed by atoms with van der Waals surface area (Å²) in [5, 5.41) is 17.5. The molecule has 3 N–H and O–H groups in total. The topological polar surface area (TPSA) is 90.7 Å². The van der Waals surface area contributed by atoms with Crippen LogP contribution < -0.4 is 15.0 Å². The van der Waals surface area contributed by atoms with E-state index < -0.39 is 0 Å². The standard InChI is InChI=1S/C29H38N4O3S2/c1-2-27-31-28(26(38-27)14-15-33-16-20-37-21-17-33)22-6-10-24(11-7-22)35-18-4-3-5-19-36-25-12-8-23(9-13-25)29(30)32-34/h6-13,34H,2-5,14-21H2,1H3,(H2,30,32). The number of rotatable bonds is 14. The first-order valence-corrected chi connectivity index (χ1v) is 15.4. The molecule has 0 atom stereocenters. The van der Waals surface area contributed by atoms with Crippen molar-refractivity contribution in [2.75, 3.05) is 44.4 Å². The minimum atomic E-state index is -0.0349. The van der Waals surface area contributed by atoms with Gasteiger partial charge >= 0.3 is 0 Å². The number of hydroxylamine groups is 1. The zero-order chi connectivity index (χ0) is 26.6. The second-order valence-electron chi connectivity index (χ2n) is 9.23. The zero-order valence-electron chi connectivity index (χ0n) is 22.1. The van der Waals surface area contributed by atoms with Crippen LogP contribution in [0.5, 0.6) is 11.5 Å². The minimum absolute atomic E-state index is 0.0349. The molecule has 0 unspecified atom stereocenters. The van der Waals surface area contributed by atoms with Crippen LogP contribution in [0.4, 0.5) is 0 Å². The van der Waals surface area contributed by atoms with Gasteiger partial charge in [0.25, 0.3) is 0 Å². The third kappa shape index (κ3) is 8.46. The van der Waals surface area contributed by atoms with E-state index in [9.17, 15) is 0 Å². The highest BCUT2D eigenvalue weighted by molar-refractivity contribution is 7.99. The van der Waals surface area contributed by atoms with E-state index in [4.69, 9.17) is 25.1 Å². The molecule has 1 aliphatic rings. The van der Waals surface area contributed by atoms with E-state index in [1.807, 2.05) is 16.8 Å². The lowest BCUT2D eigenvalue weighted by Gasteiger charge is -2.25. The average Bonchev–Trinajstić information content (AvgIpc) is 3.40. The fourth-order valence-electron chi connectivity index (χ4n) is 4.28. The van der Waals surface area contributed by atoms with Crippen LogP contribution in [-0.4, -0.2) is 65.3 Å². The number of benzene rings is 2. The summed E-state index contributed by atoms with van der Waals surface area (Å²) in [6.07, 6.45) is 4.98. The van der Waals surface area contributed by atoms with Gasteiger partial charge in [-0.1, -0.05) is 6.92 Å². The van der Waals surface area contributed by atoms with Crippen LogP contribution >= 0.6 is 23.1 Å². The van der Waals surface area contributed by atoms with Gasteiger partial charge in [0, 0.05) is 47.1 Å². The number of nitrogens with zero attached hydrogens (tertiary/aromatic N) is 2. The molecule has 0 spiro atoms. The number of ether oxygens (including phenoxy) is 2. The number of thiazole rings is 1. The number of thioether (sulfide) groups is 1. The predicted octanol–water partition coefficient (Wildman–Crippen LogP) is 5.90. The van der Waals surface area contributed by atoms with Crippen molar-refractivity contribution in [2.45, 2.75) is 39.0 Å². The van der Waals surface area contributed by atoms with Crippen molar-refractivity contribution in [1.82, 2.24) is 15.4 Å². The summed E-state index contributed by atoms with van der Waals surface area (Å²) in [6, 6.07) is 15.5. The Hall–Kier alpha value is -2.59. The van der Waals surface area contributed by atoms with Gasteiger partial charge < -0.3 is 14.4 Å². The van der Waals surface area contributed by atoms with Crippen molar-refractivity contribution in [2.24, 2.45) is 0 Å². The number of aryl methyl sites for hydroxylation is 1. The van der Waals surface area contributed by atoms with Crippen LogP contribution in [0.15, 0.2) is 48.5 Å². The van der Waals surface area contributed by atoms with Gasteiger partial charge in [0.05, 0.1) is 23.9 Å². The van der Waals surface area contributed by atoms with Gasteiger partial charge in [-0.2, -0.15) is 11.8 Å². The molecule has 1 aliphatic heterocycles. The minimum Gasteiger partial charge on any atom is -0.494 e. The van der Waals surface area contributed by atoms with Crippen molar-refractivity contribution < 1.29 is 14.7 Å². The third-order valence-electron chi connectivity index (χ3n) is 6.51. The first kappa shape index (κ1) is 28.4. The van der Waals surface area contributed by atoms with Crippen LogP contribution in [0.3, 0.4) is 0 Å². The number of unbranched alkanes of at least 4 members (excludes halogenated alkanes) is 2. The van der Waals surface area contributed by atoms with Gasteiger partial charge in [-0.15, -0.1) is 11.3 Å². The number of aromatic nitrogens is 1. The van der Waals surface area contributed by atoms with Crippen LogP contribution in [0, 0.1) is 5.41 Å². The monoisotopic (exact) mass is 554 g/mol. The first-order chi connectivity index (χ1) is 18.7. The molecule has 1 aromatic heterocycles. The zero-order valence-corrected chi connectivity index (χ0v) is 23.7. The number of amidine groups is 1. The summed E-state index contributed by atoms with van der Waals surface area (Å²) in [5.41, 5.74) is 4.76. The molecule has 2 aromatic carbocycles. The van der Waals surface area contributed by atoms with Gasteiger partial charge in [-0.25, -0.2) is 4.98 Å². The maximum atomic E-state index is 8.79. The van der Waals surface area contributed by atoms with Crippen LogP contribution in [0.2, 0.25) is 0 Å². The van der Waals surface area contributed by atoms with Gasteiger partial charge in [0.2, 0.25) is 0 Å². The number of hydrogen-bond acceptors (Lipinski definition) is 8. The maximum absolute atomic E-state index is 8.79. The Morgan fingerprint density at radius 2 is 1.61 bits per heavy atom. The fourth-order valence-corrected chi connectivity index (χ4v) is 6.28. The fraction of sp³-hybridized carbons (Fsp3) is 0.448. The number of nitrogens with one attached hydrogen (secondary N) is 2. The highest BCUT2D eigenvalue weighted by Gasteiger charge is 2.16. The molecule has 3 aromatic rings. The Labute approximate surface area is 234 Å². The molecular weight excluding hydrogens is 516 g/mol. The summed E-state index contributed by atoms with van der Waals surface area (Å²) in [5.74, 6) is 4.12. The Kier molecular flexibility index (Phi) is 11.3. The van der Waals surface area contributed by atoms with E-state index in [1.165, 1.54) is 40.0 Å². The molecule has 38 heavy (non-hydrogen) atoms. The molecule has 9 heteroatoms. The van der Waals surface area contributed by atoms with Crippen LogP contribution in [0.25, 0.3) is 11.3 Å². The Morgan fingerprint density at radius 3 is 2.21 bits per heavy atom. The highest BCUT2D eigenvalue weighted by atomic mass is 32.2. The van der Waals surface area contributed by atoms with Gasteiger partial charge in [0.1, 0.15) is 17.3 Å². The normalized spacial score (nSPS) is 13.8. The van der Waals surface area contributed by atoms with Gasteiger partial charge in [-0.3, -0.25) is 16.1 Å². The molecule has 0 bridgehead atoms. The van der Waals surface area contributed by atoms with Crippen LogP contribution in [-0.2, 0) is 12.8 Å². The third-order valence-corrected chi connectivity index (χ3v) is 8.71. The van der Waals surface area contributed by atoms with Crippen molar-refractivity contribution in [3.8, 4) is 22.8 Å². The Bertz CT molecular complexity index is 1130. The van der Waals surface area contributed by atoms with E-state index in [0.717, 1.165) is 55.8 Å². The van der Waals surface area contributed by atoms with E-state index in [0.29, 0.717) is 18.8 Å². The summed E-state index contributed by atoms with van der Waals surface area (Å²) in [7, 11) is 0. The number of hydrogen-bond donors (Lipinski definition) is 3. The quantitative estimate of drug-likeness (QED) is 0.0990. The van der Waals surface area contributed by atoms with E-state index in [1.54, 1.807) is 24.3 Å². The molecular formula is C29H38N4O3S2. The molecule has 0 radical (unpaired) electrons. The Morgan fingerprint density at radius 1 is 0.974 bits per heavy atom. The molecule has 204 valence electrons. The molecule has 1 fully saturated rings. The summed E-state index contributed by atoms with van der Waals surface area (Å²) >= 11 is 3.93. The lowest BCUT2D eigenvalue weighted by Crippen LogP contribution is -2.34. The lowest BCUT2D eigenvalue weighted by atomic mass is 10.1. The summed E-state index contributed by atoms with van der Waals surface area (Å²) in [6.45, 7) is 7.01. The van der Waals surface area contributed by atoms with E-state index >= 15 is 0 Å². The highest BCUT2D eigenvalue weighted by Crippen LogP contribution is 2.31. The van der Waals surface area contributed by atoms with E-state index in [2.05, 4.69) is 47.9 Å². The Balaban J connectivity index is 1.17. The summed E-state index contributed by atoms with van der Waals surface area (Å²) in [4.78, 5) is 8.93. The summed E-state index contributed by atoms with van der Waals surface area (Å²) < 4.78 is 11.7. The largest absolute Gasteiger partial charge is 0.494 e.